The van der Waals surface area contributed by atoms with Gasteiger partial charge in [0.1, 0.15) is 5.75 Å². The normalized spacial score (nSPS) is 14.7. The van der Waals surface area contributed by atoms with Gasteiger partial charge in [0, 0.05) is 37.5 Å². The maximum absolute atomic E-state index is 10.3. The number of rotatable bonds is 14. The van der Waals surface area contributed by atoms with Crippen molar-refractivity contribution in [3.8, 4) is 5.75 Å². The molecule has 1 aliphatic heterocycles. The molecule has 0 amide bonds. The lowest BCUT2D eigenvalue weighted by atomic mass is 9.96. The second-order valence-corrected chi connectivity index (χ2v) is 10.5. The van der Waals surface area contributed by atoms with Gasteiger partial charge in [-0.2, -0.15) is 5.10 Å². The minimum absolute atomic E-state index is 0.322. The summed E-state index contributed by atoms with van der Waals surface area (Å²) in [6, 6.07) is 18.8. The van der Waals surface area contributed by atoms with E-state index >= 15 is 0 Å². The Labute approximate surface area is 250 Å². The van der Waals surface area contributed by atoms with Gasteiger partial charge in [-0.15, -0.1) is 0 Å². The SMILES string of the molecule is COc1ccc(CN(Cc2cnn(Cc3ccccc3)c2C)CC2CCCO2)cc1.O=C(O)CC(O)(CC(=O)O)C(=O)O. The van der Waals surface area contributed by atoms with E-state index in [1.54, 1.807) is 7.11 Å². The molecule has 1 atom stereocenters. The van der Waals surface area contributed by atoms with Gasteiger partial charge in [0.25, 0.3) is 0 Å². The van der Waals surface area contributed by atoms with E-state index in [2.05, 4.69) is 58.0 Å². The van der Waals surface area contributed by atoms with Crippen LogP contribution in [-0.4, -0.2) is 85.0 Å². The molecular formula is C31H39N3O9. The van der Waals surface area contributed by atoms with Gasteiger partial charge >= 0.3 is 17.9 Å². The minimum Gasteiger partial charge on any atom is -0.497 e. The lowest BCUT2D eigenvalue weighted by Gasteiger charge is -2.25. The van der Waals surface area contributed by atoms with Gasteiger partial charge in [-0.1, -0.05) is 42.5 Å². The largest absolute Gasteiger partial charge is 0.497 e. The highest BCUT2D eigenvalue weighted by Crippen LogP contribution is 2.20. The Morgan fingerprint density at radius 1 is 1.00 bits per heavy atom. The van der Waals surface area contributed by atoms with Crippen LogP contribution in [0.4, 0.5) is 0 Å². The van der Waals surface area contributed by atoms with Crippen molar-refractivity contribution in [3.63, 3.8) is 0 Å². The smallest absolute Gasteiger partial charge is 0.336 e. The summed E-state index contributed by atoms with van der Waals surface area (Å²) in [4.78, 5) is 33.0. The first-order chi connectivity index (χ1) is 20.5. The number of carbonyl (C=O) groups is 3. The molecular weight excluding hydrogens is 558 g/mol. The number of aromatic nitrogens is 2. The van der Waals surface area contributed by atoms with Crippen LogP contribution in [0.25, 0.3) is 0 Å². The molecule has 1 aliphatic rings. The molecule has 4 rings (SSSR count). The molecule has 0 bridgehead atoms. The molecule has 2 aromatic carbocycles. The predicted octanol–water partition coefficient (Wildman–Crippen LogP) is 3.18. The van der Waals surface area contributed by atoms with E-state index in [9.17, 15) is 14.4 Å². The van der Waals surface area contributed by atoms with Gasteiger partial charge in [-0.05, 0) is 43.0 Å². The molecule has 3 aromatic rings. The van der Waals surface area contributed by atoms with E-state index < -0.39 is 36.4 Å². The molecule has 1 fully saturated rings. The van der Waals surface area contributed by atoms with Crippen LogP contribution in [-0.2, 0) is 38.8 Å². The molecule has 0 aliphatic carbocycles. The molecule has 12 nitrogen and oxygen atoms in total. The molecule has 0 radical (unpaired) electrons. The Bertz CT molecular complexity index is 1320. The first kappa shape index (κ1) is 33.2. The highest BCUT2D eigenvalue weighted by molar-refractivity contribution is 5.88. The fourth-order valence-corrected chi connectivity index (χ4v) is 4.76. The fourth-order valence-electron chi connectivity index (χ4n) is 4.76. The first-order valence-electron chi connectivity index (χ1n) is 13.9. The van der Waals surface area contributed by atoms with Crippen molar-refractivity contribution in [1.82, 2.24) is 14.7 Å². The summed E-state index contributed by atoms with van der Waals surface area (Å²) in [5.74, 6) is -4.13. The van der Waals surface area contributed by atoms with Crippen molar-refractivity contribution in [2.75, 3.05) is 20.3 Å². The number of carboxylic acid groups (broad SMARTS) is 3. The van der Waals surface area contributed by atoms with E-state index in [1.165, 1.54) is 22.4 Å². The standard InChI is InChI=1S/C25H31N3O2.C6H8O7/c1-20-23(15-26-28(20)17-21-7-4-3-5-8-21)18-27(19-25-9-6-14-30-25)16-22-10-12-24(29-2)13-11-22;7-3(8)1-6(13,5(11)12)2-4(9)10/h3-5,7-8,10-13,15,25H,6,9,14,16-19H2,1-2H3;13H,1-2H2,(H,7,8)(H,9,10)(H,11,12). The summed E-state index contributed by atoms with van der Waals surface area (Å²) < 4.78 is 13.3. The number of ether oxygens (including phenoxy) is 2. The molecule has 1 unspecified atom stereocenters. The van der Waals surface area contributed by atoms with E-state index in [0.717, 1.165) is 51.4 Å². The summed E-state index contributed by atoms with van der Waals surface area (Å²) in [6.07, 6.45) is 2.36. The number of hydrogen-bond acceptors (Lipinski definition) is 8. The van der Waals surface area contributed by atoms with Crippen LogP contribution in [0.2, 0.25) is 0 Å². The highest BCUT2D eigenvalue weighted by Gasteiger charge is 2.40. The quantitative estimate of drug-likeness (QED) is 0.215. The second kappa shape index (κ2) is 15.8. The summed E-state index contributed by atoms with van der Waals surface area (Å²) in [6.45, 7) is 6.55. The van der Waals surface area contributed by atoms with Crippen LogP contribution in [0.1, 0.15) is 48.1 Å². The van der Waals surface area contributed by atoms with Crippen molar-refractivity contribution >= 4 is 17.9 Å². The third-order valence-electron chi connectivity index (χ3n) is 7.11. The summed E-state index contributed by atoms with van der Waals surface area (Å²) in [7, 11) is 1.70. The average molecular weight is 598 g/mol. The number of aliphatic carboxylic acids is 3. The second-order valence-electron chi connectivity index (χ2n) is 10.5. The van der Waals surface area contributed by atoms with E-state index in [1.807, 2.05) is 24.4 Å². The molecule has 1 aromatic heterocycles. The van der Waals surface area contributed by atoms with Crippen LogP contribution >= 0.6 is 0 Å². The Hall–Kier alpha value is -4.26. The van der Waals surface area contributed by atoms with Gasteiger partial charge in [0.2, 0.25) is 0 Å². The summed E-state index contributed by atoms with van der Waals surface area (Å²) in [5.41, 5.74) is 2.31. The topological polar surface area (TPSA) is 172 Å². The summed E-state index contributed by atoms with van der Waals surface area (Å²) >= 11 is 0. The molecule has 0 spiro atoms. The number of benzene rings is 2. The molecule has 232 valence electrons. The van der Waals surface area contributed by atoms with E-state index in [-0.39, 0.29) is 0 Å². The molecule has 12 heteroatoms. The van der Waals surface area contributed by atoms with Gasteiger partial charge in [0.15, 0.2) is 5.60 Å². The molecule has 1 saturated heterocycles. The highest BCUT2D eigenvalue weighted by atomic mass is 16.5. The lowest BCUT2D eigenvalue weighted by Crippen LogP contribution is -2.42. The monoisotopic (exact) mass is 597 g/mol. The minimum atomic E-state index is -2.74. The van der Waals surface area contributed by atoms with E-state index in [4.69, 9.17) is 29.9 Å². The van der Waals surface area contributed by atoms with Crippen LogP contribution in [0, 0.1) is 6.92 Å². The number of nitrogens with zero attached hydrogens (tertiary/aromatic N) is 3. The van der Waals surface area contributed by atoms with Crippen LogP contribution in [0.5, 0.6) is 5.75 Å². The molecule has 0 saturated carbocycles. The van der Waals surface area contributed by atoms with Crippen molar-refractivity contribution in [3.05, 3.63) is 83.2 Å². The zero-order valence-corrected chi connectivity index (χ0v) is 24.4. The number of hydrogen-bond donors (Lipinski definition) is 4. The van der Waals surface area contributed by atoms with Gasteiger partial charge in [-0.25, -0.2) is 4.79 Å². The third-order valence-corrected chi connectivity index (χ3v) is 7.11. The third kappa shape index (κ3) is 10.5. The zero-order chi connectivity index (χ0) is 31.4. The molecule has 43 heavy (non-hydrogen) atoms. The van der Waals surface area contributed by atoms with Gasteiger partial charge in [-0.3, -0.25) is 19.2 Å². The van der Waals surface area contributed by atoms with Crippen molar-refractivity contribution in [2.24, 2.45) is 0 Å². The van der Waals surface area contributed by atoms with Gasteiger partial charge < -0.3 is 29.9 Å². The van der Waals surface area contributed by atoms with E-state index in [0.29, 0.717) is 6.10 Å². The predicted molar refractivity (Wildman–Crippen MR) is 156 cm³/mol. The van der Waals surface area contributed by atoms with Gasteiger partial charge in [0.05, 0.1) is 38.8 Å². The average Bonchev–Trinajstić information content (AvgIpc) is 3.59. The Balaban J connectivity index is 0.000000331. The number of aliphatic hydroxyl groups is 1. The van der Waals surface area contributed by atoms with Crippen molar-refractivity contribution in [1.29, 1.82) is 0 Å². The zero-order valence-electron chi connectivity index (χ0n) is 24.4. The van der Waals surface area contributed by atoms with Crippen molar-refractivity contribution < 1.29 is 44.3 Å². The first-order valence-corrected chi connectivity index (χ1v) is 13.9. The maximum Gasteiger partial charge on any atom is 0.336 e. The number of carboxylic acids is 3. The number of methoxy groups -OCH3 is 1. The summed E-state index contributed by atoms with van der Waals surface area (Å²) in [5, 5.41) is 38.5. The lowest BCUT2D eigenvalue weighted by molar-refractivity contribution is -0.170. The Morgan fingerprint density at radius 2 is 1.65 bits per heavy atom. The fraction of sp³-hybridized carbons (Fsp3) is 0.419. The van der Waals surface area contributed by atoms with Crippen LogP contribution < -0.4 is 4.74 Å². The van der Waals surface area contributed by atoms with Crippen molar-refractivity contribution in [2.45, 2.75) is 63.9 Å². The van der Waals surface area contributed by atoms with Crippen LogP contribution in [0.3, 0.4) is 0 Å². The Kier molecular flexibility index (Phi) is 12.2. The van der Waals surface area contributed by atoms with Crippen LogP contribution in [0.15, 0.2) is 60.8 Å². The Morgan fingerprint density at radius 3 is 2.19 bits per heavy atom. The maximum atomic E-state index is 10.3. The molecule has 2 heterocycles. The molecule has 4 N–H and O–H groups in total.